The molecule has 21 nitrogen and oxygen atoms in total. The van der Waals surface area contributed by atoms with Gasteiger partial charge in [-0.15, -0.1) is 0 Å². The van der Waals surface area contributed by atoms with Gasteiger partial charge >= 0.3 is 24.1 Å². The molecule has 2 aliphatic heterocycles. The number of carboxylic acids is 1. The van der Waals surface area contributed by atoms with E-state index in [2.05, 4.69) is 21.3 Å². The second-order valence-corrected chi connectivity index (χ2v) is 16.7. The Bertz CT molecular complexity index is 2670. The molecule has 0 radical (unpaired) electrons. The second kappa shape index (κ2) is 20.7. The fourth-order valence-electron chi connectivity index (χ4n) is 8.27. The van der Waals surface area contributed by atoms with Crippen molar-refractivity contribution in [3.63, 3.8) is 0 Å². The molecule has 356 valence electrons. The van der Waals surface area contributed by atoms with Crippen LogP contribution in [0.4, 0.5) is 15.3 Å². The highest BCUT2D eigenvalue weighted by atomic mass is 16.7. The first kappa shape index (κ1) is 48.9. The number of benzene rings is 2. The van der Waals surface area contributed by atoms with Crippen molar-refractivity contribution < 1.29 is 58.0 Å². The number of phenolic OH excluding ortho intramolecular Hbond substituents is 1. The van der Waals surface area contributed by atoms with E-state index >= 15 is 0 Å². The molecule has 0 fully saturated rings. The number of phenols is 1. The van der Waals surface area contributed by atoms with Crippen molar-refractivity contribution in [3.05, 3.63) is 86.7 Å². The molecule has 3 atom stereocenters. The van der Waals surface area contributed by atoms with Gasteiger partial charge in [0.1, 0.15) is 31.0 Å². The molecule has 4 aromatic rings. The zero-order valence-electron chi connectivity index (χ0n) is 37.7. The summed E-state index contributed by atoms with van der Waals surface area (Å²) in [5.41, 5.74) is 7.14. The van der Waals surface area contributed by atoms with Gasteiger partial charge in [0.05, 0.1) is 42.1 Å². The van der Waals surface area contributed by atoms with E-state index in [0.29, 0.717) is 34.6 Å². The number of hydrogen-bond donors (Lipinski definition) is 7. The van der Waals surface area contributed by atoms with Crippen molar-refractivity contribution in [1.82, 2.24) is 30.4 Å². The summed E-state index contributed by atoms with van der Waals surface area (Å²) in [6.45, 7) is 5.95. The summed E-state index contributed by atoms with van der Waals surface area (Å²) >= 11 is 0. The number of urea groups is 1. The van der Waals surface area contributed by atoms with Crippen LogP contribution in [0, 0.1) is 5.92 Å². The van der Waals surface area contributed by atoms with Gasteiger partial charge < -0.3 is 56.0 Å². The van der Waals surface area contributed by atoms with Gasteiger partial charge in [-0.2, -0.15) is 0 Å². The molecular formula is C46H54N8O13. The monoisotopic (exact) mass is 926 g/mol. The van der Waals surface area contributed by atoms with Crippen LogP contribution in [-0.2, 0) is 70.0 Å². The van der Waals surface area contributed by atoms with Crippen LogP contribution in [0.3, 0.4) is 0 Å². The smallest absolute Gasteiger partial charge is 0.508 e. The number of hydrogen-bond acceptors (Lipinski definition) is 14. The van der Waals surface area contributed by atoms with E-state index in [-0.39, 0.29) is 69.0 Å². The maximum Gasteiger partial charge on any atom is 0.510 e. The Morgan fingerprint density at radius 3 is 2.37 bits per heavy atom. The minimum atomic E-state index is -2.02. The number of carboxylic acid groups (broad SMARTS) is 1. The van der Waals surface area contributed by atoms with Gasteiger partial charge in [-0.1, -0.05) is 39.8 Å². The number of nitrogens with two attached hydrogens (primary N) is 1. The maximum absolute atomic E-state index is 14.1. The largest absolute Gasteiger partial charge is 0.510 e. The molecule has 8 N–H and O–H groups in total. The molecule has 4 heterocycles. The Kier molecular flexibility index (Phi) is 15.1. The number of nitrogens with one attached hydrogen (secondary N) is 4. The zero-order valence-corrected chi connectivity index (χ0v) is 37.7. The average molecular weight is 927 g/mol. The highest BCUT2D eigenvalue weighted by Crippen LogP contribution is 2.42. The molecule has 5 amide bonds. The molecule has 0 aliphatic carbocycles. The number of amides is 5. The van der Waals surface area contributed by atoms with E-state index in [1.165, 1.54) is 30.1 Å². The van der Waals surface area contributed by atoms with Crippen LogP contribution in [0.15, 0.2) is 53.3 Å². The molecule has 0 saturated carbocycles. The molecular weight excluding hydrogens is 873 g/mol. The molecule has 2 aliphatic rings. The van der Waals surface area contributed by atoms with Crippen molar-refractivity contribution in [2.24, 2.45) is 11.7 Å². The Balaban J connectivity index is 1.13. The number of aromatic nitrogens is 2. The molecule has 0 spiro atoms. The molecule has 6 rings (SSSR count). The van der Waals surface area contributed by atoms with Crippen molar-refractivity contribution >= 4 is 58.4 Å². The van der Waals surface area contributed by atoms with Gasteiger partial charge in [0.2, 0.25) is 23.3 Å². The number of aliphatic carboxylic acids is 1. The Hall–Kier alpha value is -7.55. The van der Waals surface area contributed by atoms with E-state index in [1.54, 1.807) is 55.7 Å². The SMILES string of the molecule is CCc1c2c(nc3ccc(O)cc13)-c1cc3c(c(=O)n1C2)COC(=O)[C@@]3(CC)OC(=O)OCc1ccc(NC(=O)[C@H](CCCNC(N)=O)NC(=O)[C@@H](NC(=O)CN(C)CC(=O)O)C(C)C)cc1. The lowest BCUT2D eigenvalue weighted by molar-refractivity contribution is -0.175. The first-order valence-electron chi connectivity index (χ1n) is 21.7. The van der Waals surface area contributed by atoms with E-state index in [1.807, 2.05) is 6.92 Å². The first-order chi connectivity index (χ1) is 31.8. The summed E-state index contributed by atoms with van der Waals surface area (Å²) in [6, 6.07) is 9.70. The predicted octanol–water partition coefficient (Wildman–Crippen LogP) is 2.74. The number of cyclic esters (lactones) is 1. The summed E-state index contributed by atoms with van der Waals surface area (Å²) in [5, 5.41) is 30.4. The molecule has 21 heteroatoms. The number of carbonyl (C=O) groups excluding carboxylic acids is 6. The van der Waals surface area contributed by atoms with Crippen LogP contribution in [0.2, 0.25) is 0 Å². The lowest BCUT2D eigenvalue weighted by Crippen LogP contribution is -2.55. The maximum atomic E-state index is 14.1. The number of fused-ring (bicyclic) bond motifs is 5. The summed E-state index contributed by atoms with van der Waals surface area (Å²) in [7, 11) is 1.44. The van der Waals surface area contributed by atoms with E-state index < -0.39 is 77.6 Å². The lowest BCUT2D eigenvalue weighted by Gasteiger charge is -2.35. The van der Waals surface area contributed by atoms with E-state index in [9.17, 15) is 43.5 Å². The van der Waals surface area contributed by atoms with Crippen molar-refractivity contribution in [2.45, 2.75) is 90.8 Å². The molecule has 0 saturated heterocycles. The highest BCUT2D eigenvalue weighted by Gasteiger charge is 2.51. The number of esters is 1. The van der Waals surface area contributed by atoms with Crippen molar-refractivity contribution in [2.75, 3.05) is 32.0 Å². The number of primary amides is 1. The number of pyridine rings is 2. The number of likely N-dealkylation sites (N-methyl/N-ethyl adjacent to an activating group) is 1. The minimum absolute atomic E-state index is 0.0635. The first-order valence-corrected chi connectivity index (χ1v) is 21.7. The van der Waals surface area contributed by atoms with Gasteiger partial charge in [-0.05, 0) is 86.2 Å². The number of carbonyl (C=O) groups is 7. The fraction of sp³-hybridized carbons (Fsp3) is 0.413. The van der Waals surface area contributed by atoms with Gasteiger partial charge in [-0.25, -0.2) is 19.4 Å². The van der Waals surface area contributed by atoms with Crippen LogP contribution in [0.25, 0.3) is 22.3 Å². The van der Waals surface area contributed by atoms with Crippen molar-refractivity contribution in [1.29, 1.82) is 0 Å². The standard InChI is InChI=1S/C46H54N8O13/c1-6-28-29-17-27(55)14-15-33(29)50-39-30(28)19-54-35(39)18-32-31(42(54)61)23-65-43(62)46(32,7-2)67-45(64)66-22-25-10-12-26(13-11-25)49-40(59)34(9-8-16-48-44(47)63)51-41(60)38(24(3)4)52-36(56)20-53(5)21-37(57)58/h10-15,17-18,24,34,38,55H,6-9,16,19-23H2,1-5H3,(H,49,59)(H,51,60)(H,52,56)(H,57,58)(H3,47,48,63)/t34-,38-,46-/m0/s1. The summed E-state index contributed by atoms with van der Waals surface area (Å²) < 4.78 is 18.2. The number of aryl methyl sites for hydroxylation is 1. The molecule has 2 aromatic heterocycles. The van der Waals surface area contributed by atoms with Crippen LogP contribution in [-0.4, -0.2) is 105 Å². The predicted molar refractivity (Wildman–Crippen MR) is 240 cm³/mol. The molecule has 2 aromatic carbocycles. The summed E-state index contributed by atoms with van der Waals surface area (Å²) in [6.07, 6.45) is -0.404. The normalized spacial score (nSPS) is 15.7. The summed E-state index contributed by atoms with van der Waals surface area (Å²) in [4.78, 5) is 109. The second-order valence-electron chi connectivity index (χ2n) is 16.7. The fourth-order valence-corrected chi connectivity index (χ4v) is 8.27. The van der Waals surface area contributed by atoms with Gasteiger partial charge in [0, 0.05) is 28.7 Å². The topological polar surface area (TPSA) is 300 Å². The van der Waals surface area contributed by atoms with Crippen LogP contribution < -0.4 is 32.6 Å². The Morgan fingerprint density at radius 1 is 0.985 bits per heavy atom. The zero-order chi connectivity index (χ0) is 48.7. The van der Waals surface area contributed by atoms with E-state index in [4.69, 9.17) is 30.0 Å². The molecule has 0 unspecified atom stereocenters. The average Bonchev–Trinajstić information content (AvgIpc) is 3.64. The number of ether oxygens (including phenoxy) is 3. The third kappa shape index (κ3) is 10.9. The van der Waals surface area contributed by atoms with E-state index in [0.717, 1.165) is 16.5 Å². The number of anilines is 1. The summed E-state index contributed by atoms with van der Waals surface area (Å²) in [5.74, 6) is -4.22. The Labute approximate surface area is 384 Å². The molecule has 67 heavy (non-hydrogen) atoms. The van der Waals surface area contributed by atoms with Gasteiger partial charge in [-0.3, -0.25) is 28.9 Å². The quantitative estimate of drug-likeness (QED) is 0.0463. The number of aromatic hydroxyl groups is 1. The molecule has 0 bridgehead atoms. The number of nitrogens with zero attached hydrogens (tertiary/aromatic N) is 3. The van der Waals surface area contributed by atoms with Crippen LogP contribution in [0.1, 0.15) is 74.8 Å². The van der Waals surface area contributed by atoms with Crippen molar-refractivity contribution in [3.8, 4) is 17.1 Å². The van der Waals surface area contributed by atoms with Crippen LogP contribution >= 0.6 is 0 Å². The highest BCUT2D eigenvalue weighted by molar-refractivity contribution is 5.98. The van der Waals surface area contributed by atoms with Gasteiger partial charge in [0.15, 0.2) is 0 Å². The third-order valence-corrected chi connectivity index (χ3v) is 11.6. The van der Waals surface area contributed by atoms with Gasteiger partial charge in [0.25, 0.3) is 5.56 Å². The van der Waals surface area contributed by atoms with Crippen LogP contribution in [0.5, 0.6) is 5.75 Å². The minimum Gasteiger partial charge on any atom is -0.508 e. The Morgan fingerprint density at radius 2 is 1.72 bits per heavy atom. The lowest BCUT2D eigenvalue weighted by atomic mass is 9.85. The third-order valence-electron chi connectivity index (χ3n) is 11.6. The number of rotatable bonds is 19.